The van der Waals surface area contributed by atoms with E-state index in [4.69, 9.17) is 4.42 Å². The summed E-state index contributed by atoms with van der Waals surface area (Å²) in [6.07, 6.45) is 0.971. The standard InChI is InChI=1S/C16H19FN2O/c1-11-13(9-18-2)7-15(20-11)10-19-6-5-12-3-4-14(17)8-16(12)19/h3-4,7-8,18H,5-6,9-10H2,1-2H3. The molecular formula is C16H19FN2O. The molecule has 0 radical (unpaired) electrons. The summed E-state index contributed by atoms with van der Waals surface area (Å²) in [7, 11) is 1.92. The number of hydrogen-bond acceptors (Lipinski definition) is 3. The molecule has 106 valence electrons. The largest absolute Gasteiger partial charge is 0.464 e. The predicted molar refractivity (Wildman–Crippen MR) is 77.4 cm³/mol. The molecule has 20 heavy (non-hydrogen) atoms. The minimum absolute atomic E-state index is 0.179. The SMILES string of the molecule is CNCc1cc(CN2CCc3ccc(F)cc32)oc1C. The lowest BCUT2D eigenvalue weighted by atomic mass is 10.2. The Morgan fingerprint density at radius 2 is 2.20 bits per heavy atom. The molecule has 4 heteroatoms. The van der Waals surface area contributed by atoms with Crippen molar-refractivity contribution >= 4 is 5.69 Å². The molecule has 0 atom stereocenters. The van der Waals surface area contributed by atoms with E-state index < -0.39 is 0 Å². The highest BCUT2D eigenvalue weighted by molar-refractivity contribution is 5.58. The normalized spacial score (nSPS) is 13.8. The van der Waals surface area contributed by atoms with Crippen molar-refractivity contribution in [3.8, 4) is 0 Å². The molecule has 0 bridgehead atoms. The van der Waals surface area contributed by atoms with Gasteiger partial charge in [-0.05, 0) is 44.2 Å². The monoisotopic (exact) mass is 274 g/mol. The Balaban J connectivity index is 1.80. The summed E-state index contributed by atoms with van der Waals surface area (Å²) in [4.78, 5) is 2.18. The van der Waals surface area contributed by atoms with Crippen molar-refractivity contribution in [3.05, 3.63) is 52.7 Å². The first-order chi connectivity index (χ1) is 9.67. The van der Waals surface area contributed by atoms with E-state index in [1.54, 1.807) is 6.07 Å². The molecule has 0 unspecified atom stereocenters. The Bertz CT molecular complexity index is 621. The molecule has 1 N–H and O–H groups in total. The summed E-state index contributed by atoms with van der Waals surface area (Å²) in [5, 5.41) is 3.13. The number of aryl methyl sites for hydroxylation is 1. The van der Waals surface area contributed by atoms with Crippen molar-refractivity contribution in [1.29, 1.82) is 0 Å². The first-order valence-corrected chi connectivity index (χ1v) is 6.93. The molecule has 3 nitrogen and oxygen atoms in total. The zero-order chi connectivity index (χ0) is 14.1. The Kier molecular flexibility index (Phi) is 3.49. The van der Waals surface area contributed by atoms with Gasteiger partial charge in [-0.3, -0.25) is 0 Å². The number of hydrogen-bond donors (Lipinski definition) is 1. The molecule has 1 aliphatic rings. The van der Waals surface area contributed by atoms with Gasteiger partial charge in [0.25, 0.3) is 0 Å². The van der Waals surface area contributed by atoms with Gasteiger partial charge in [-0.15, -0.1) is 0 Å². The van der Waals surface area contributed by atoms with E-state index in [9.17, 15) is 4.39 Å². The molecule has 0 saturated heterocycles. The molecule has 1 aromatic carbocycles. The topological polar surface area (TPSA) is 28.4 Å². The molecule has 0 aliphatic carbocycles. The minimum atomic E-state index is -0.179. The van der Waals surface area contributed by atoms with Crippen LogP contribution in [0.25, 0.3) is 0 Å². The second kappa shape index (κ2) is 5.29. The molecule has 0 spiro atoms. The Morgan fingerprint density at radius 3 is 3.00 bits per heavy atom. The second-order valence-corrected chi connectivity index (χ2v) is 5.27. The van der Waals surface area contributed by atoms with Crippen molar-refractivity contribution < 1.29 is 8.81 Å². The Morgan fingerprint density at radius 1 is 1.35 bits per heavy atom. The zero-order valence-corrected chi connectivity index (χ0v) is 11.9. The predicted octanol–water partition coefficient (Wildman–Crippen LogP) is 3.01. The smallest absolute Gasteiger partial charge is 0.125 e. The third kappa shape index (κ3) is 2.43. The third-order valence-corrected chi connectivity index (χ3v) is 3.82. The van der Waals surface area contributed by atoms with Gasteiger partial charge in [-0.25, -0.2) is 4.39 Å². The van der Waals surface area contributed by atoms with E-state index in [2.05, 4.69) is 16.3 Å². The maximum atomic E-state index is 13.4. The van der Waals surface area contributed by atoms with Crippen LogP contribution in [-0.4, -0.2) is 13.6 Å². The third-order valence-electron chi connectivity index (χ3n) is 3.82. The average molecular weight is 274 g/mol. The van der Waals surface area contributed by atoms with E-state index in [-0.39, 0.29) is 5.82 Å². The fraction of sp³-hybridized carbons (Fsp3) is 0.375. The summed E-state index contributed by atoms with van der Waals surface area (Å²) in [6, 6.07) is 7.12. The molecular weight excluding hydrogens is 255 g/mol. The summed E-state index contributed by atoms with van der Waals surface area (Å²) >= 11 is 0. The summed E-state index contributed by atoms with van der Waals surface area (Å²) < 4.78 is 19.2. The summed E-state index contributed by atoms with van der Waals surface area (Å²) in [5.74, 6) is 1.71. The lowest BCUT2D eigenvalue weighted by Crippen LogP contribution is -2.19. The van der Waals surface area contributed by atoms with Gasteiger partial charge in [-0.1, -0.05) is 6.07 Å². The molecule has 1 aliphatic heterocycles. The van der Waals surface area contributed by atoms with Crippen LogP contribution in [0, 0.1) is 12.7 Å². The number of rotatable bonds is 4. The van der Waals surface area contributed by atoms with Crippen LogP contribution < -0.4 is 10.2 Å². The maximum Gasteiger partial charge on any atom is 0.125 e. The van der Waals surface area contributed by atoms with Gasteiger partial charge in [0.15, 0.2) is 0 Å². The summed E-state index contributed by atoms with van der Waals surface area (Å²) in [5.41, 5.74) is 3.39. The molecule has 0 fully saturated rings. The van der Waals surface area contributed by atoms with Crippen LogP contribution in [0.5, 0.6) is 0 Å². The van der Waals surface area contributed by atoms with Crippen molar-refractivity contribution in [2.75, 3.05) is 18.5 Å². The van der Waals surface area contributed by atoms with Gasteiger partial charge in [0.2, 0.25) is 0 Å². The molecule has 2 heterocycles. The van der Waals surface area contributed by atoms with E-state index >= 15 is 0 Å². The highest BCUT2D eigenvalue weighted by Gasteiger charge is 2.21. The minimum Gasteiger partial charge on any atom is -0.464 e. The average Bonchev–Trinajstić information content (AvgIpc) is 2.96. The van der Waals surface area contributed by atoms with E-state index in [1.807, 2.05) is 20.0 Å². The van der Waals surface area contributed by atoms with Crippen LogP contribution in [0.3, 0.4) is 0 Å². The van der Waals surface area contributed by atoms with Gasteiger partial charge >= 0.3 is 0 Å². The highest BCUT2D eigenvalue weighted by atomic mass is 19.1. The lowest BCUT2D eigenvalue weighted by Gasteiger charge is -2.17. The van der Waals surface area contributed by atoms with Gasteiger partial charge < -0.3 is 14.6 Å². The van der Waals surface area contributed by atoms with E-state index in [0.717, 1.165) is 36.7 Å². The number of nitrogens with one attached hydrogen (secondary N) is 1. The Labute approximate surface area is 118 Å². The quantitative estimate of drug-likeness (QED) is 0.929. The number of furan rings is 1. The first-order valence-electron chi connectivity index (χ1n) is 6.93. The number of halogens is 1. The van der Waals surface area contributed by atoms with Crippen molar-refractivity contribution in [2.24, 2.45) is 0 Å². The fourth-order valence-electron chi connectivity index (χ4n) is 2.80. The molecule has 0 amide bonds. The molecule has 3 rings (SSSR count). The van der Waals surface area contributed by atoms with Crippen LogP contribution in [0.4, 0.5) is 10.1 Å². The maximum absolute atomic E-state index is 13.4. The summed E-state index contributed by atoms with van der Waals surface area (Å²) in [6.45, 7) is 4.40. The molecule has 0 saturated carbocycles. The molecule has 2 aromatic rings. The van der Waals surface area contributed by atoms with Gasteiger partial charge in [-0.2, -0.15) is 0 Å². The van der Waals surface area contributed by atoms with Gasteiger partial charge in [0, 0.05) is 24.3 Å². The van der Waals surface area contributed by atoms with Crippen LogP contribution >= 0.6 is 0 Å². The highest BCUT2D eigenvalue weighted by Crippen LogP contribution is 2.30. The Hall–Kier alpha value is -1.81. The molecule has 1 aromatic heterocycles. The van der Waals surface area contributed by atoms with Crippen LogP contribution in [0.15, 0.2) is 28.7 Å². The van der Waals surface area contributed by atoms with Gasteiger partial charge in [0.1, 0.15) is 17.3 Å². The van der Waals surface area contributed by atoms with Crippen LogP contribution in [-0.2, 0) is 19.5 Å². The van der Waals surface area contributed by atoms with Crippen LogP contribution in [0.1, 0.15) is 22.6 Å². The van der Waals surface area contributed by atoms with Gasteiger partial charge in [0.05, 0.1) is 6.54 Å². The number of fused-ring (bicyclic) bond motifs is 1. The fourth-order valence-corrected chi connectivity index (χ4v) is 2.80. The van der Waals surface area contributed by atoms with E-state index in [1.165, 1.54) is 17.2 Å². The van der Waals surface area contributed by atoms with Crippen molar-refractivity contribution in [3.63, 3.8) is 0 Å². The lowest BCUT2D eigenvalue weighted by molar-refractivity contribution is 0.476. The van der Waals surface area contributed by atoms with Crippen molar-refractivity contribution in [2.45, 2.75) is 26.4 Å². The number of nitrogens with zero attached hydrogens (tertiary/aromatic N) is 1. The van der Waals surface area contributed by atoms with Crippen molar-refractivity contribution in [1.82, 2.24) is 5.32 Å². The number of anilines is 1. The second-order valence-electron chi connectivity index (χ2n) is 5.27. The van der Waals surface area contributed by atoms with E-state index in [0.29, 0.717) is 6.54 Å². The van der Waals surface area contributed by atoms with Crippen LogP contribution in [0.2, 0.25) is 0 Å². The number of benzene rings is 1. The first kappa shape index (κ1) is 13.2. The zero-order valence-electron chi connectivity index (χ0n) is 11.9.